The fourth-order valence-corrected chi connectivity index (χ4v) is 3.19. The number of aryl methyl sites for hydroxylation is 1. The van der Waals surface area contributed by atoms with Gasteiger partial charge in [0.25, 0.3) is 0 Å². The summed E-state index contributed by atoms with van der Waals surface area (Å²) < 4.78 is 26.6. The van der Waals surface area contributed by atoms with E-state index in [0.29, 0.717) is 32.0 Å². The van der Waals surface area contributed by atoms with E-state index in [1.54, 1.807) is 12.3 Å². The minimum absolute atomic E-state index is 0.373. The zero-order chi connectivity index (χ0) is 15.7. The molecule has 0 bridgehead atoms. The number of aromatic nitrogens is 4. The van der Waals surface area contributed by atoms with Gasteiger partial charge in [0, 0.05) is 12.7 Å². The summed E-state index contributed by atoms with van der Waals surface area (Å²) in [5.74, 6) is 1.45. The fraction of sp³-hybridized carbons (Fsp3) is 0.462. The molecule has 0 spiro atoms. The maximum atomic E-state index is 11.6. The summed E-state index contributed by atoms with van der Waals surface area (Å²) in [6.07, 6.45) is 2.94. The highest BCUT2D eigenvalue weighted by molar-refractivity contribution is 7.88. The molecule has 0 saturated heterocycles. The third-order valence-electron chi connectivity index (χ3n) is 3.51. The van der Waals surface area contributed by atoms with Crippen molar-refractivity contribution in [2.75, 3.05) is 18.1 Å². The highest BCUT2D eigenvalue weighted by atomic mass is 32.2. The van der Waals surface area contributed by atoms with Crippen molar-refractivity contribution >= 4 is 15.8 Å². The zero-order valence-corrected chi connectivity index (χ0v) is 13.3. The molecule has 2 aromatic heterocycles. The molecule has 9 heteroatoms. The molecule has 1 N–H and O–H groups in total. The number of sulfonamides is 1. The normalized spacial score (nSPS) is 15.5. The number of hydrogen-bond acceptors (Lipinski definition) is 6. The van der Waals surface area contributed by atoms with Crippen molar-refractivity contribution in [3.63, 3.8) is 0 Å². The number of nitrogens with zero attached hydrogens (tertiary/aromatic N) is 5. The van der Waals surface area contributed by atoms with Crippen molar-refractivity contribution in [2.45, 2.75) is 26.6 Å². The highest BCUT2D eigenvalue weighted by Gasteiger charge is 2.24. The number of rotatable bonds is 4. The Morgan fingerprint density at radius 2 is 2.18 bits per heavy atom. The molecule has 0 amide bonds. The summed E-state index contributed by atoms with van der Waals surface area (Å²) in [6, 6.07) is 3.73. The largest absolute Gasteiger partial charge is 0.364 e. The average molecular weight is 322 g/mol. The molecule has 3 rings (SSSR count). The van der Waals surface area contributed by atoms with Gasteiger partial charge >= 0.3 is 0 Å². The van der Waals surface area contributed by atoms with E-state index < -0.39 is 10.0 Å². The summed E-state index contributed by atoms with van der Waals surface area (Å²) >= 11 is 0. The van der Waals surface area contributed by atoms with Crippen LogP contribution in [0.5, 0.6) is 0 Å². The molecular weight excluding hydrogens is 304 g/mol. The average Bonchev–Trinajstić information content (AvgIpc) is 2.86. The Morgan fingerprint density at radius 1 is 1.36 bits per heavy atom. The molecular formula is C13H18N6O2S. The summed E-state index contributed by atoms with van der Waals surface area (Å²) in [4.78, 5) is 8.32. The van der Waals surface area contributed by atoms with Crippen molar-refractivity contribution < 1.29 is 8.42 Å². The molecule has 0 unspecified atom stereocenters. The number of anilines is 1. The van der Waals surface area contributed by atoms with E-state index in [1.165, 1.54) is 10.6 Å². The van der Waals surface area contributed by atoms with E-state index >= 15 is 0 Å². The molecule has 2 aromatic rings. The first kappa shape index (κ1) is 14.9. The van der Waals surface area contributed by atoms with E-state index in [4.69, 9.17) is 0 Å². The SMILES string of the molecule is Cc1nccc(NCc2cc3n(n2)CCN(S(C)(=O)=O)C3)n1. The first-order chi connectivity index (χ1) is 10.4. The predicted molar refractivity (Wildman–Crippen MR) is 81.6 cm³/mol. The first-order valence-corrected chi connectivity index (χ1v) is 8.81. The second-order valence-corrected chi connectivity index (χ2v) is 7.27. The van der Waals surface area contributed by atoms with Crippen molar-refractivity contribution in [2.24, 2.45) is 0 Å². The first-order valence-electron chi connectivity index (χ1n) is 6.96. The molecule has 22 heavy (non-hydrogen) atoms. The Hall–Kier alpha value is -2.00. The van der Waals surface area contributed by atoms with Crippen LogP contribution in [0.1, 0.15) is 17.2 Å². The molecule has 0 radical (unpaired) electrons. The van der Waals surface area contributed by atoms with Crippen LogP contribution in [-0.2, 0) is 29.7 Å². The van der Waals surface area contributed by atoms with Crippen LogP contribution < -0.4 is 5.32 Å². The summed E-state index contributed by atoms with van der Waals surface area (Å²) in [5.41, 5.74) is 1.77. The summed E-state index contributed by atoms with van der Waals surface area (Å²) in [6.45, 7) is 3.79. The standard InChI is InChI=1S/C13H18N6O2S/c1-10-14-4-3-13(16-10)15-8-11-7-12-9-18(22(2,20)21)5-6-19(12)17-11/h3-4,7H,5-6,8-9H2,1-2H3,(H,14,15,16). The molecule has 0 saturated carbocycles. The van der Waals surface area contributed by atoms with Gasteiger partial charge in [-0.25, -0.2) is 18.4 Å². The van der Waals surface area contributed by atoms with Crippen LogP contribution in [0.3, 0.4) is 0 Å². The molecule has 0 aliphatic carbocycles. The minimum atomic E-state index is -3.16. The van der Waals surface area contributed by atoms with Gasteiger partial charge < -0.3 is 5.32 Å². The van der Waals surface area contributed by atoms with Crippen molar-refractivity contribution in [3.05, 3.63) is 35.5 Å². The smallest absolute Gasteiger partial charge is 0.211 e. The molecule has 3 heterocycles. The van der Waals surface area contributed by atoms with Crippen LogP contribution in [0, 0.1) is 6.92 Å². The molecule has 8 nitrogen and oxygen atoms in total. The zero-order valence-electron chi connectivity index (χ0n) is 12.5. The molecule has 1 aliphatic heterocycles. The quantitative estimate of drug-likeness (QED) is 0.874. The van der Waals surface area contributed by atoms with Gasteiger partial charge in [-0.3, -0.25) is 4.68 Å². The molecule has 0 aromatic carbocycles. The van der Waals surface area contributed by atoms with E-state index in [0.717, 1.165) is 17.2 Å². The summed E-state index contributed by atoms with van der Waals surface area (Å²) in [5, 5.41) is 7.69. The van der Waals surface area contributed by atoms with Crippen molar-refractivity contribution in [1.82, 2.24) is 24.1 Å². The maximum Gasteiger partial charge on any atom is 0.211 e. The molecule has 0 fully saturated rings. The Balaban J connectivity index is 1.69. The number of fused-ring (bicyclic) bond motifs is 1. The lowest BCUT2D eigenvalue weighted by molar-refractivity contribution is 0.328. The Morgan fingerprint density at radius 3 is 2.91 bits per heavy atom. The third kappa shape index (κ3) is 3.25. The van der Waals surface area contributed by atoms with Gasteiger partial charge in [0.1, 0.15) is 11.6 Å². The Kier molecular flexibility index (Phi) is 3.83. The van der Waals surface area contributed by atoms with Gasteiger partial charge in [-0.05, 0) is 19.1 Å². The molecule has 1 aliphatic rings. The van der Waals surface area contributed by atoms with Gasteiger partial charge in [-0.15, -0.1) is 0 Å². The Bertz CT molecular complexity index is 786. The summed E-state index contributed by atoms with van der Waals surface area (Å²) in [7, 11) is -3.16. The third-order valence-corrected chi connectivity index (χ3v) is 4.76. The fourth-order valence-electron chi connectivity index (χ4n) is 2.41. The monoisotopic (exact) mass is 322 g/mol. The van der Waals surface area contributed by atoms with E-state index in [9.17, 15) is 8.42 Å². The van der Waals surface area contributed by atoms with E-state index in [1.807, 2.05) is 17.7 Å². The van der Waals surface area contributed by atoms with Crippen LogP contribution in [0.15, 0.2) is 18.3 Å². The van der Waals surface area contributed by atoms with Crippen LogP contribution in [0.4, 0.5) is 5.82 Å². The second kappa shape index (κ2) is 5.65. The van der Waals surface area contributed by atoms with Gasteiger partial charge in [0.05, 0.1) is 37.3 Å². The minimum Gasteiger partial charge on any atom is -0.364 e. The number of hydrogen-bond donors (Lipinski definition) is 1. The van der Waals surface area contributed by atoms with E-state index in [-0.39, 0.29) is 0 Å². The van der Waals surface area contributed by atoms with Crippen LogP contribution in [0.25, 0.3) is 0 Å². The van der Waals surface area contributed by atoms with Crippen molar-refractivity contribution in [1.29, 1.82) is 0 Å². The van der Waals surface area contributed by atoms with Gasteiger partial charge in [-0.1, -0.05) is 0 Å². The topological polar surface area (TPSA) is 93.0 Å². The van der Waals surface area contributed by atoms with Gasteiger partial charge in [-0.2, -0.15) is 9.40 Å². The van der Waals surface area contributed by atoms with Crippen LogP contribution in [-0.4, -0.2) is 45.3 Å². The van der Waals surface area contributed by atoms with Crippen LogP contribution >= 0.6 is 0 Å². The lowest BCUT2D eigenvalue weighted by atomic mass is 10.3. The maximum absolute atomic E-state index is 11.6. The van der Waals surface area contributed by atoms with Gasteiger partial charge in [0.2, 0.25) is 10.0 Å². The van der Waals surface area contributed by atoms with Crippen molar-refractivity contribution in [3.8, 4) is 0 Å². The lowest BCUT2D eigenvalue weighted by Crippen LogP contribution is -2.37. The Labute approximate surface area is 129 Å². The lowest BCUT2D eigenvalue weighted by Gasteiger charge is -2.25. The predicted octanol–water partition coefficient (Wildman–Crippen LogP) is 0.369. The number of nitrogens with one attached hydrogen (secondary N) is 1. The molecule has 118 valence electrons. The van der Waals surface area contributed by atoms with Gasteiger partial charge in [0.15, 0.2) is 0 Å². The highest BCUT2D eigenvalue weighted by Crippen LogP contribution is 2.16. The second-order valence-electron chi connectivity index (χ2n) is 5.29. The molecule has 0 atom stereocenters. The van der Waals surface area contributed by atoms with Crippen LogP contribution in [0.2, 0.25) is 0 Å². The van der Waals surface area contributed by atoms with E-state index in [2.05, 4.69) is 20.4 Å².